The van der Waals surface area contributed by atoms with Gasteiger partial charge in [0.15, 0.2) is 5.01 Å². The summed E-state index contributed by atoms with van der Waals surface area (Å²) in [4.78, 5) is 17.1. The summed E-state index contributed by atoms with van der Waals surface area (Å²) in [5.74, 6) is 0.194. The summed E-state index contributed by atoms with van der Waals surface area (Å²) in [7, 11) is -0.939. The normalized spacial score (nSPS) is 13.7. The number of nitrogens with zero attached hydrogens (tertiary/aromatic N) is 1. The summed E-state index contributed by atoms with van der Waals surface area (Å²) in [6.07, 6.45) is 3.29. The molecule has 1 heterocycles. The summed E-state index contributed by atoms with van der Waals surface area (Å²) in [5, 5.41) is 3.86. The highest BCUT2D eigenvalue weighted by Gasteiger charge is 2.15. The van der Waals surface area contributed by atoms with Gasteiger partial charge in [0.05, 0.1) is 4.88 Å². The molecule has 0 aliphatic heterocycles. The number of amides is 1. The smallest absolute Gasteiger partial charge is 0.280 e. The van der Waals surface area contributed by atoms with Crippen LogP contribution in [0.4, 0.5) is 0 Å². The number of carbonyl (C=O) groups is 1. The quantitative estimate of drug-likeness (QED) is 0.908. The summed E-state index contributed by atoms with van der Waals surface area (Å²) in [6, 6.07) is 7.23. The third-order valence-corrected chi connectivity index (χ3v) is 4.96. The van der Waals surface area contributed by atoms with Gasteiger partial charge in [-0.1, -0.05) is 23.7 Å². The second-order valence-electron chi connectivity index (χ2n) is 4.65. The fraction of sp³-hybridized carbons (Fsp3) is 0.286. The second-order valence-corrected chi connectivity index (χ2v) is 7.60. The highest BCUT2D eigenvalue weighted by atomic mass is 35.5. The van der Waals surface area contributed by atoms with Crippen molar-refractivity contribution in [3.8, 4) is 10.4 Å². The molecule has 0 aliphatic rings. The monoisotopic (exact) mass is 342 g/mol. The van der Waals surface area contributed by atoms with Crippen molar-refractivity contribution in [3.63, 3.8) is 0 Å². The number of rotatable bonds is 5. The van der Waals surface area contributed by atoms with E-state index in [0.717, 1.165) is 10.4 Å². The van der Waals surface area contributed by atoms with Crippen molar-refractivity contribution in [1.82, 2.24) is 10.3 Å². The molecule has 0 spiro atoms. The molecule has 4 nitrogen and oxygen atoms in total. The molecule has 2 unspecified atom stereocenters. The Morgan fingerprint density at radius 2 is 2.10 bits per heavy atom. The molecule has 2 rings (SSSR count). The van der Waals surface area contributed by atoms with E-state index in [1.54, 1.807) is 24.6 Å². The molecule has 7 heteroatoms. The molecule has 0 radical (unpaired) electrons. The number of benzene rings is 1. The molecule has 0 fully saturated rings. The van der Waals surface area contributed by atoms with Gasteiger partial charge in [0.1, 0.15) is 0 Å². The molecule has 2 atom stereocenters. The van der Waals surface area contributed by atoms with Crippen molar-refractivity contribution in [2.75, 3.05) is 12.0 Å². The van der Waals surface area contributed by atoms with E-state index in [1.165, 1.54) is 11.3 Å². The van der Waals surface area contributed by atoms with Crippen LogP contribution in [0.15, 0.2) is 30.5 Å². The zero-order chi connectivity index (χ0) is 15.4. The maximum absolute atomic E-state index is 12.1. The second kappa shape index (κ2) is 7.15. The number of thiazole rings is 1. The molecule has 112 valence electrons. The SMILES string of the molecule is CC(CS(C)=O)NC(=O)c1ncc(-c2ccc(Cl)cc2)s1. The predicted molar refractivity (Wildman–Crippen MR) is 88.4 cm³/mol. The Labute approximate surface area is 135 Å². The third-order valence-electron chi connectivity index (χ3n) is 2.69. The van der Waals surface area contributed by atoms with Gasteiger partial charge in [-0.15, -0.1) is 11.3 Å². The van der Waals surface area contributed by atoms with Crippen LogP contribution in [0.5, 0.6) is 0 Å². The molecular formula is C14H15ClN2O2S2. The first-order valence-corrected chi connectivity index (χ1v) is 9.20. The molecule has 0 bridgehead atoms. The van der Waals surface area contributed by atoms with Gasteiger partial charge in [0.25, 0.3) is 5.91 Å². The number of hydrogen-bond acceptors (Lipinski definition) is 4. The largest absolute Gasteiger partial charge is 0.347 e. The predicted octanol–water partition coefficient (Wildman–Crippen LogP) is 2.96. The molecule has 21 heavy (non-hydrogen) atoms. The molecule has 1 aromatic carbocycles. The number of nitrogens with one attached hydrogen (secondary N) is 1. The van der Waals surface area contributed by atoms with E-state index in [2.05, 4.69) is 10.3 Å². The molecule has 0 saturated carbocycles. The van der Waals surface area contributed by atoms with Crippen molar-refractivity contribution in [3.05, 3.63) is 40.5 Å². The minimum absolute atomic E-state index is 0.147. The fourth-order valence-electron chi connectivity index (χ4n) is 1.81. The van der Waals surface area contributed by atoms with Crippen LogP contribution < -0.4 is 5.32 Å². The van der Waals surface area contributed by atoms with Crippen LogP contribution in [0.2, 0.25) is 5.02 Å². The molecule has 0 aliphatic carbocycles. The molecule has 0 saturated heterocycles. The van der Waals surface area contributed by atoms with Crippen LogP contribution in [0.25, 0.3) is 10.4 Å². The van der Waals surface area contributed by atoms with Gasteiger partial charge in [0.2, 0.25) is 0 Å². The lowest BCUT2D eigenvalue weighted by molar-refractivity contribution is 0.0943. The van der Waals surface area contributed by atoms with Crippen molar-refractivity contribution in [2.24, 2.45) is 0 Å². The van der Waals surface area contributed by atoms with Gasteiger partial charge in [0, 0.05) is 40.1 Å². The zero-order valence-electron chi connectivity index (χ0n) is 11.6. The zero-order valence-corrected chi connectivity index (χ0v) is 14.0. The van der Waals surface area contributed by atoms with Crippen molar-refractivity contribution < 1.29 is 9.00 Å². The standard InChI is InChI=1S/C14H15ClN2O2S2/c1-9(8-21(2)19)17-13(18)14-16-7-12(20-14)10-3-5-11(15)6-4-10/h3-7,9H,8H2,1-2H3,(H,17,18). The van der Waals surface area contributed by atoms with E-state index in [9.17, 15) is 9.00 Å². The lowest BCUT2D eigenvalue weighted by atomic mass is 10.2. The molecule has 1 amide bonds. The van der Waals surface area contributed by atoms with E-state index in [-0.39, 0.29) is 11.9 Å². The minimum atomic E-state index is -0.939. The molecule has 1 N–H and O–H groups in total. The molecule has 2 aromatic rings. The number of aromatic nitrogens is 1. The van der Waals surface area contributed by atoms with Crippen molar-refractivity contribution in [1.29, 1.82) is 0 Å². The number of hydrogen-bond donors (Lipinski definition) is 1. The first kappa shape index (κ1) is 16.1. The summed E-state index contributed by atoms with van der Waals surface area (Å²) in [5.41, 5.74) is 0.971. The summed E-state index contributed by atoms with van der Waals surface area (Å²) < 4.78 is 11.1. The van der Waals surface area contributed by atoms with Crippen molar-refractivity contribution >= 4 is 39.6 Å². The molecule has 1 aromatic heterocycles. The summed E-state index contributed by atoms with van der Waals surface area (Å²) >= 11 is 7.17. The van der Waals surface area contributed by atoms with Crippen LogP contribution >= 0.6 is 22.9 Å². The Morgan fingerprint density at radius 1 is 1.43 bits per heavy atom. The maximum atomic E-state index is 12.1. The lowest BCUT2D eigenvalue weighted by Gasteiger charge is -2.10. The number of halogens is 1. The van der Waals surface area contributed by atoms with Crippen LogP contribution in [0, 0.1) is 0 Å². The minimum Gasteiger partial charge on any atom is -0.347 e. The van der Waals surface area contributed by atoms with E-state index < -0.39 is 10.8 Å². The van der Waals surface area contributed by atoms with Gasteiger partial charge in [-0.3, -0.25) is 9.00 Å². The average molecular weight is 343 g/mol. The first-order valence-electron chi connectivity index (χ1n) is 6.28. The highest BCUT2D eigenvalue weighted by Crippen LogP contribution is 2.27. The van der Waals surface area contributed by atoms with Crippen LogP contribution in [-0.4, -0.2) is 33.2 Å². The third kappa shape index (κ3) is 4.62. The molecular weight excluding hydrogens is 328 g/mol. The van der Waals surface area contributed by atoms with Gasteiger partial charge >= 0.3 is 0 Å². The average Bonchev–Trinajstić information content (AvgIpc) is 2.88. The van der Waals surface area contributed by atoms with E-state index in [0.29, 0.717) is 15.8 Å². The Balaban J connectivity index is 2.07. The van der Waals surface area contributed by atoms with E-state index >= 15 is 0 Å². The Hall–Kier alpha value is -1.24. The Morgan fingerprint density at radius 3 is 2.71 bits per heavy atom. The fourth-order valence-corrected chi connectivity index (χ4v) is 3.54. The maximum Gasteiger partial charge on any atom is 0.280 e. The summed E-state index contributed by atoms with van der Waals surface area (Å²) in [6.45, 7) is 1.83. The lowest BCUT2D eigenvalue weighted by Crippen LogP contribution is -2.36. The van der Waals surface area contributed by atoms with Gasteiger partial charge < -0.3 is 5.32 Å². The highest BCUT2D eigenvalue weighted by molar-refractivity contribution is 7.84. The number of carbonyl (C=O) groups excluding carboxylic acids is 1. The Bertz CT molecular complexity index is 655. The van der Waals surface area contributed by atoms with Gasteiger partial charge in [-0.2, -0.15) is 0 Å². The van der Waals surface area contributed by atoms with Gasteiger partial charge in [-0.05, 0) is 24.6 Å². The van der Waals surface area contributed by atoms with E-state index in [1.807, 2.05) is 19.1 Å². The Kier molecular flexibility index (Phi) is 5.50. The van der Waals surface area contributed by atoms with E-state index in [4.69, 9.17) is 11.6 Å². The van der Waals surface area contributed by atoms with Crippen molar-refractivity contribution in [2.45, 2.75) is 13.0 Å². The van der Waals surface area contributed by atoms with Crippen LogP contribution in [0.3, 0.4) is 0 Å². The van der Waals surface area contributed by atoms with Gasteiger partial charge in [-0.25, -0.2) is 4.98 Å². The van der Waals surface area contributed by atoms with Crippen LogP contribution in [-0.2, 0) is 10.8 Å². The first-order chi connectivity index (χ1) is 9.95. The van der Waals surface area contributed by atoms with Crippen LogP contribution in [0.1, 0.15) is 16.7 Å². The topological polar surface area (TPSA) is 59.1 Å².